The van der Waals surface area contributed by atoms with Gasteiger partial charge in [0, 0.05) is 24.6 Å². The molecule has 22 heavy (non-hydrogen) atoms. The van der Waals surface area contributed by atoms with E-state index in [0.717, 1.165) is 0 Å². The topological polar surface area (TPSA) is 49.4 Å². The van der Waals surface area contributed by atoms with E-state index in [9.17, 15) is 14.0 Å². The Hall–Kier alpha value is -1.91. The van der Waals surface area contributed by atoms with Crippen molar-refractivity contribution in [3.63, 3.8) is 0 Å². The number of hydrogen-bond acceptors (Lipinski definition) is 2. The minimum absolute atomic E-state index is 0.00783. The standard InChI is InChI=1S/C17H25FN2O2/c1-5-8-16(21)20(13(4)17(22)19-12(2)3)11-14-9-6-7-10-15(14)18/h6-7,9-10,12-13H,5,8,11H2,1-4H3,(H,19,22)/t13-/m1/s1. The lowest BCUT2D eigenvalue weighted by Gasteiger charge is -2.29. The van der Waals surface area contributed by atoms with Crippen molar-refractivity contribution in [1.29, 1.82) is 0 Å². The highest BCUT2D eigenvalue weighted by Crippen LogP contribution is 2.14. The van der Waals surface area contributed by atoms with E-state index in [1.54, 1.807) is 25.1 Å². The quantitative estimate of drug-likeness (QED) is 0.842. The van der Waals surface area contributed by atoms with Crippen LogP contribution in [0.5, 0.6) is 0 Å². The lowest BCUT2D eigenvalue weighted by Crippen LogP contribution is -2.49. The molecule has 0 aromatic heterocycles. The number of nitrogens with one attached hydrogen (secondary N) is 1. The monoisotopic (exact) mass is 308 g/mol. The molecule has 0 aliphatic heterocycles. The first kappa shape index (κ1) is 18.1. The number of halogens is 1. The molecule has 0 fully saturated rings. The fourth-order valence-electron chi connectivity index (χ4n) is 2.16. The smallest absolute Gasteiger partial charge is 0.242 e. The number of rotatable bonds is 7. The van der Waals surface area contributed by atoms with Crippen LogP contribution in [-0.2, 0) is 16.1 Å². The molecule has 122 valence electrons. The highest BCUT2D eigenvalue weighted by atomic mass is 19.1. The minimum Gasteiger partial charge on any atom is -0.352 e. The molecule has 0 unspecified atom stereocenters. The van der Waals surface area contributed by atoms with Crippen LogP contribution >= 0.6 is 0 Å². The summed E-state index contributed by atoms with van der Waals surface area (Å²) in [6.07, 6.45) is 1.03. The molecular weight excluding hydrogens is 283 g/mol. The predicted molar refractivity (Wildman–Crippen MR) is 84.6 cm³/mol. The molecule has 0 bridgehead atoms. The fourth-order valence-corrected chi connectivity index (χ4v) is 2.16. The first-order valence-corrected chi connectivity index (χ1v) is 7.70. The summed E-state index contributed by atoms with van der Waals surface area (Å²) in [5.74, 6) is -0.735. The van der Waals surface area contributed by atoms with Crippen LogP contribution in [0.3, 0.4) is 0 Å². The van der Waals surface area contributed by atoms with Gasteiger partial charge < -0.3 is 10.2 Å². The van der Waals surface area contributed by atoms with Gasteiger partial charge in [-0.2, -0.15) is 0 Å². The van der Waals surface area contributed by atoms with E-state index < -0.39 is 6.04 Å². The van der Waals surface area contributed by atoms with Gasteiger partial charge in [-0.05, 0) is 33.3 Å². The van der Waals surface area contributed by atoms with Gasteiger partial charge in [0.2, 0.25) is 11.8 Å². The minimum atomic E-state index is -0.638. The van der Waals surface area contributed by atoms with E-state index in [1.165, 1.54) is 11.0 Å². The second-order valence-corrected chi connectivity index (χ2v) is 5.70. The van der Waals surface area contributed by atoms with Crippen molar-refractivity contribution in [2.45, 2.75) is 59.2 Å². The average Bonchev–Trinajstić information content (AvgIpc) is 2.45. The maximum atomic E-state index is 13.8. The molecule has 1 rings (SSSR count). The number of carbonyl (C=O) groups is 2. The van der Waals surface area contributed by atoms with Crippen LogP contribution in [0.1, 0.15) is 46.1 Å². The molecule has 0 saturated carbocycles. The molecule has 5 heteroatoms. The van der Waals surface area contributed by atoms with Crippen molar-refractivity contribution in [1.82, 2.24) is 10.2 Å². The summed E-state index contributed by atoms with van der Waals surface area (Å²) in [4.78, 5) is 25.9. The Morgan fingerprint density at radius 1 is 1.23 bits per heavy atom. The summed E-state index contributed by atoms with van der Waals surface area (Å²) in [5.41, 5.74) is 0.413. The van der Waals surface area contributed by atoms with Gasteiger partial charge in [0.1, 0.15) is 11.9 Å². The zero-order valence-corrected chi connectivity index (χ0v) is 13.7. The summed E-state index contributed by atoms with van der Waals surface area (Å²) in [5, 5.41) is 2.79. The van der Waals surface area contributed by atoms with E-state index in [0.29, 0.717) is 18.4 Å². The third-order valence-corrected chi connectivity index (χ3v) is 3.36. The summed E-state index contributed by atoms with van der Waals surface area (Å²) in [7, 11) is 0. The third kappa shape index (κ3) is 5.13. The van der Waals surface area contributed by atoms with Gasteiger partial charge in [0.15, 0.2) is 0 Å². The highest BCUT2D eigenvalue weighted by Gasteiger charge is 2.26. The molecule has 1 N–H and O–H groups in total. The van der Waals surface area contributed by atoms with E-state index >= 15 is 0 Å². The Bertz CT molecular complexity index is 517. The van der Waals surface area contributed by atoms with Crippen LogP contribution in [0.25, 0.3) is 0 Å². The van der Waals surface area contributed by atoms with Crippen LogP contribution in [0, 0.1) is 5.82 Å². The van der Waals surface area contributed by atoms with Crippen LogP contribution in [0.2, 0.25) is 0 Å². The Morgan fingerprint density at radius 3 is 2.41 bits per heavy atom. The van der Waals surface area contributed by atoms with Gasteiger partial charge >= 0.3 is 0 Å². The van der Waals surface area contributed by atoms with Crippen LogP contribution in [0.15, 0.2) is 24.3 Å². The predicted octanol–water partition coefficient (Wildman–Crippen LogP) is 2.87. The molecule has 0 radical (unpaired) electrons. The van der Waals surface area contributed by atoms with Crippen LogP contribution in [-0.4, -0.2) is 28.8 Å². The Labute approximate surface area is 131 Å². The van der Waals surface area contributed by atoms with Crippen molar-refractivity contribution in [3.8, 4) is 0 Å². The van der Waals surface area contributed by atoms with Gasteiger partial charge in [0.25, 0.3) is 0 Å². The van der Waals surface area contributed by atoms with Crippen LogP contribution in [0.4, 0.5) is 4.39 Å². The first-order valence-electron chi connectivity index (χ1n) is 7.70. The van der Waals surface area contributed by atoms with Gasteiger partial charge in [-0.1, -0.05) is 25.1 Å². The lowest BCUT2D eigenvalue weighted by atomic mass is 10.1. The summed E-state index contributed by atoms with van der Waals surface area (Å²) < 4.78 is 13.8. The number of carbonyl (C=O) groups excluding carboxylic acids is 2. The molecule has 0 heterocycles. The van der Waals surface area contributed by atoms with Gasteiger partial charge in [-0.15, -0.1) is 0 Å². The number of hydrogen-bond donors (Lipinski definition) is 1. The van der Waals surface area contributed by atoms with Gasteiger partial charge in [-0.3, -0.25) is 9.59 Å². The number of nitrogens with zero attached hydrogens (tertiary/aromatic N) is 1. The van der Waals surface area contributed by atoms with E-state index in [2.05, 4.69) is 5.32 Å². The summed E-state index contributed by atoms with van der Waals surface area (Å²) in [6.45, 7) is 7.39. The summed E-state index contributed by atoms with van der Waals surface area (Å²) >= 11 is 0. The molecule has 4 nitrogen and oxygen atoms in total. The molecule has 0 aliphatic carbocycles. The third-order valence-electron chi connectivity index (χ3n) is 3.36. The second kappa shape index (κ2) is 8.51. The van der Waals surface area contributed by atoms with Crippen molar-refractivity contribution in [2.75, 3.05) is 0 Å². The SMILES string of the molecule is CCCC(=O)N(Cc1ccccc1F)[C@H](C)C(=O)NC(C)C. The molecule has 0 spiro atoms. The van der Waals surface area contributed by atoms with Crippen molar-refractivity contribution in [3.05, 3.63) is 35.6 Å². The van der Waals surface area contributed by atoms with Gasteiger partial charge in [0.05, 0.1) is 0 Å². The van der Waals surface area contributed by atoms with E-state index in [-0.39, 0.29) is 30.2 Å². The fraction of sp³-hybridized carbons (Fsp3) is 0.529. The molecule has 1 aromatic rings. The van der Waals surface area contributed by atoms with E-state index in [1.807, 2.05) is 20.8 Å². The Kier molecular flexibility index (Phi) is 7.02. The largest absolute Gasteiger partial charge is 0.352 e. The number of amides is 2. The Morgan fingerprint density at radius 2 is 1.86 bits per heavy atom. The maximum absolute atomic E-state index is 13.8. The lowest BCUT2D eigenvalue weighted by molar-refractivity contribution is -0.140. The normalized spacial score (nSPS) is 12.1. The van der Waals surface area contributed by atoms with Gasteiger partial charge in [-0.25, -0.2) is 4.39 Å². The molecule has 0 saturated heterocycles. The second-order valence-electron chi connectivity index (χ2n) is 5.70. The zero-order chi connectivity index (χ0) is 16.7. The zero-order valence-electron chi connectivity index (χ0n) is 13.7. The molecule has 1 atom stereocenters. The highest BCUT2D eigenvalue weighted by molar-refractivity contribution is 5.87. The molecule has 0 aliphatic rings. The van der Waals surface area contributed by atoms with E-state index in [4.69, 9.17) is 0 Å². The number of benzene rings is 1. The van der Waals surface area contributed by atoms with Crippen molar-refractivity contribution < 1.29 is 14.0 Å². The van der Waals surface area contributed by atoms with Crippen LogP contribution < -0.4 is 5.32 Å². The molecule has 1 aromatic carbocycles. The van der Waals surface area contributed by atoms with Crippen molar-refractivity contribution in [2.24, 2.45) is 0 Å². The molecule has 2 amide bonds. The van der Waals surface area contributed by atoms with Crippen molar-refractivity contribution >= 4 is 11.8 Å². The summed E-state index contributed by atoms with van der Waals surface area (Å²) in [6, 6.07) is 5.67. The average molecular weight is 308 g/mol. The molecular formula is C17H25FN2O2. The first-order chi connectivity index (χ1) is 10.4. The maximum Gasteiger partial charge on any atom is 0.242 e. The Balaban J connectivity index is 2.95.